The maximum atomic E-state index is 5.78. The van der Waals surface area contributed by atoms with Gasteiger partial charge in [0.15, 0.2) is 0 Å². The summed E-state index contributed by atoms with van der Waals surface area (Å²) in [5.41, 5.74) is 0. The molecule has 4 nitrogen and oxygen atoms in total. The Kier molecular flexibility index (Phi) is 7.30. The van der Waals surface area contributed by atoms with E-state index < -0.39 is 8.56 Å². The molecule has 0 amide bonds. The average molecular weight is 262 g/mol. The number of rotatable bonds is 11. The lowest BCUT2D eigenvalue weighted by Gasteiger charge is -2.25. The van der Waals surface area contributed by atoms with Crippen molar-refractivity contribution < 1.29 is 18.3 Å². The minimum absolute atomic E-state index is 0.376. The van der Waals surface area contributed by atoms with E-state index in [2.05, 4.69) is 6.55 Å². The van der Waals surface area contributed by atoms with E-state index in [0.29, 0.717) is 6.10 Å². The molecular weight excluding hydrogens is 236 g/mol. The predicted molar refractivity (Wildman–Crippen MR) is 69.5 cm³/mol. The van der Waals surface area contributed by atoms with E-state index in [-0.39, 0.29) is 0 Å². The molecule has 0 aromatic carbocycles. The second-order valence-electron chi connectivity index (χ2n) is 4.49. The topological polar surface area (TPSA) is 40.2 Å². The van der Waals surface area contributed by atoms with Gasteiger partial charge in [-0.05, 0) is 39.3 Å². The summed E-state index contributed by atoms with van der Waals surface area (Å²) in [6, 6.07) is 1.05. The molecule has 0 radical (unpaired) electrons. The maximum absolute atomic E-state index is 5.78. The van der Waals surface area contributed by atoms with Gasteiger partial charge in [-0.3, -0.25) is 0 Å². The number of epoxide rings is 1. The highest BCUT2D eigenvalue weighted by Crippen LogP contribution is 2.17. The van der Waals surface area contributed by atoms with Crippen molar-refractivity contribution in [2.45, 2.75) is 45.4 Å². The van der Waals surface area contributed by atoms with E-state index in [1.165, 1.54) is 0 Å². The van der Waals surface area contributed by atoms with Crippen LogP contribution in [0.4, 0.5) is 0 Å². The van der Waals surface area contributed by atoms with Gasteiger partial charge in [0.05, 0.1) is 13.2 Å². The van der Waals surface area contributed by atoms with Gasteiger partial charge >= 0.3 is 8.56 Å². The van der Waals surface area contributed by atoms with Gasteiger partial charge in [0.25, 0.3) is 0 Å². The second-order valence-corrected chi connectivity index (χ2v) is 7.83. The van der Waals surface area contributed by atoms with Crippen LogP contribution in [-0.2, 0) is 18.3 Å². The number of ether oxygens (including phenoxy) is 2. The third-order valence-corrected chi connectivity index (χ3v) is 5.84. The smallest absolute Gasteiger partial charge is 0.334 e. The fraction of sp³-hybridized carbons (Fsp3) is 1.00. The van der Waals surface area contributed by atoms with Crippen molar-refractivity contribution in [2.75, 3.05) is 33.0 Å². The van der Waals surface area contributed by atoms with Crippen LogP contribution in [0.2, 0.25) is 12.6 Å². The lowest BCUT2D eigenvalue weighted by atomic mass is 10.3. The zero-order valence-electron chi connectivity index (χ0n) is 11.4. The van der Waals surface area contributed by atoms with Crippen LogP contribution in [0.1, 0.15) is 26.7 Å². The van der Waals surface area contributed by atoms with Crippen LogP contribution in [0, 0.1) is 0 Å². The highest BCUT2D eigenvalue weighted by Gasteiger charge is 2.29. The molecule has 1 aliphatic heterocycles. The summed E-state index contributed by atoms with van der Waals surface area (Å²) in [6.45, 7) is 10.2. The number of hydrogen-bond donors (Lipinski definition) is 0. The molecule has 1 rings (SSSR count). The van der Waals surface area contributed by atoms with Crippen LogP contribution < -0.4 is 0 Å². The van der Waals surface area contributed by atoms with Crippen molar-refractivity contribution in [1.82, 2.24) is 0 Å². The standard InChI is InChI=1S/C12H26O4Si/c1-4-15-17(3,16-5-2)9-7-6-8-13-10-12-11-14-12/h12H,4-11H2,1-3H3. The van der Waals surface area contributed by atoms with Gasteiger partial charge in [0.1, 0.15) is 6.10 Å². The molecule has 1 atom stereocenters. The molecule has 1 aliphatic rings. The molecule has 0 aromatic heterocycles. The predicted octanol–water partition coefficient (Wildman–Crippen LogP) is 2.33. The molecule has 0 aromatic rings. The number of unbranched alkanes of at least 4 members (excludes halogenated alkanes) is 1. The molecule has 1 unspecified atom stereocenters. The van der Waals surface area contributed by atoms with E-state index >= 15 is 0 Å². The SMILES string of the molecule is CCO[Si](C)(CCCCOCC1CO1)OCC. The number of hydrogen-bond acceptors (Lipinski definition) is 4. The second kappa shape index (κ2) is 8.21. The molecule has 17 heavy (non-hydrogen) atoms. The van der Waals surface area contributed by atoms with Crippen molar-refractivity contribution >= 4 is 8.56 Å². The van der Waals surface area contributed by atoms with Gasteiger partial charge in [0.2, 0.25) is 0 Å². The summed E-state index contributed by atoms with van der Waals surface area (Å²) < 4.78 is 22.1. The Morgan fingerprint density at radius 1 is 1.18 bits per heavy atom. The fourth-order valence-corrected chi connectivity index (χ4v) is 4.31. The largest absolute Gasteiger partial charge is 0.395 e. The Morgan fingerprint density at radius 3 is 2.35 bits per heavy atom. The molecule has 1 saturated heterocycles. The summed E-state index contributed by atoms with van der Waals surface area (Å²) in [7, 11) is -1.90. The lowest BCUT2D eigenvalue weighted by molar-refractivity contribution is 0.113. The van der Waals surface area contributed by atoms with Gasteiger partial charge in [-0.25, -0.2) is 0 Å². The highest BCUT2D eigenvalue weighted by molar-refractivity contribution is 6.66. The fourth-order valence-electron chi connectivity index (χ4n) is 1.83. The minimum atomic E-state index is -1.90. The Labute approximate surface area is 106 Å². The van der Waals surface area contributed by atoms with Gasteiger partial charge in [0, 0.05) is 19.8 Å². The molecule has 1 fully saturated rings. The molecule has 0 N–H and O–H groups in total. The zero-order valence-corrected chi connectivity index (χ0v) is 12.4. The summed E-state index contributed by atoms with van der Waals surface area (Å²) in [5, 5.41) is 0. The van der Waals surface area contributed by atoms with Crippen LogP contribution in [0.3, 0.4) is 0 Å². The van der Waals surface area contributed by atoms with Crippen molar-refractivity contribution in [3.8, 4) is 0 Å². The van der Waals surface area contributed by atoms with E-state index in [4.69, 9.17) is 18.3 Å². The van der Waals surface area contributed by atoms with Crippen LogP contribution in [-0.4, -0.2) is 47.7 Å². The summed E-state index contributed by atoms with van der Waals surface area (Å²) in [4.78, 5) is 0. The molecule has 0 spiro atoms. The normalized spacial score (nSPS) is 19.6. The Bertz CT molecular complexity index is 191. The van der Waals surface area contributed by atoms with Crippen molar-refractivity contribution in [1.29, 1.82) is 0 Å². The average Bonchev–Trinajstić information content (AvgIpc) is 3.08. The molecule has 0 saturated carbocycles. The van der Waals surface area contributed by atoms with Crippen LogP contribution >= 0.6 is 0 Å². The molecule has 1 heterocycles. The van der Waals surface area contributed by atoms with Crippen molar-refractivity contribution in [2.24, 2.45) is 0 Å². The van der Waals surface area contributed by atoms with Gasteiger partial charge < -0.3 is 18.3 Å². The molecular formula is C12H26O4Si. The quantitative estimate of drug-likeness (QED) is 0.325. The molecule has 5 heteroatoms. The van der Waals surface area contributed by atoms with Crippen molar-refractivity contribution in [3.63, 3.8) is 0 Å². The van der Waals surface area contributed by atoms with Gasteiger partial charge in [-0.2, -0.15) is 0 Å². The third kappa shape index (κ3) is 7.16. The first-order valence-corrected chi connectivity index (χ1v) is 9.20. The van der Waals surface area contributed by atoms with Gasteiger partial charge in [-0.15, -0.1) is 0 Å². The van der Waals surface area contributed by atoms with Crippen LogP contribution in [0.15, 0.2) is 0 Å². The summed E-state index contributed by atoms with van der Waals surface area (Å²) in [5.74, 6) is 0. The Hall–Kier alpha value is 0.0569. The maximum Gasteiger partial charge on any atom is 0.334 e. The Morgan fingerprint density at radius 2 is 1.82 bits per heavy atom. The lowest BCUT2D eigenvalue weighted by Crippen LogP contribution is -2.38. The first-order chi connectivity index (χ1) is 8.20. The van der Waals surface area contributed by atoms with E-state index in [1.807, 2.05) is 13.8 Å². The third-order valence-electron chi connectivity index (χ3n) is 2.78. The Balaban J connectivity index is 2.00. The monoisotopic (exact) mass is 262 g/mol. The first kappa shape index (κ1) is 15.1. The minimum Gasteiger partial charge on any atom is -0.395 e. The van der Waals surface area contributed by atoms with Crippen molar-refractivity contribution in [3.05, 3.63) is 0 Å². The summed E-state index contributed by atoms with van der Waals surface area (Å²) >= 11 is 0. The van der Waals surface area contributed by atoms with Crippen LogP contribution in [0.25, 0.3) is 0 Å². The molecule has 0 aliphatic carbocycles. The first-order valence-electron chi connectivity index (χ1n) is 6.67. The molecule has 102 valence electrons. The molecule has 0 bridgehead atoms. The summed E-state index contributed by atoms with van der Waals surface area (Å²) in [6.07, 6.45) is 2.57. The highest BCUT2D eigenvalue weighted by atomic mass is 28.4. The van der Waals surface area contributed by atoms with Crippen LogP contribution in [0.5, 0.6) is 0 Å². The van der Waals surface area contributed by atoms with E-state index in [0.717, 1.165) is 51.9 Å². The van der Waals surface area contributed by atoms with E-state index in [1.54, 1.807) is 0 Å². The van der Waals surface area contributed by atoms with Gasteiger partial charge in [-0.1, -0.05) is 0 Å². The van der Waals surface area contributed by atoms with E-state index in [9.17, 15) is 0 Å². The zero-order chi connectivity index (χ0) is 12.6.